The molecule has 2 N–H and O–H groups in total. The topological polar surface area (TPSA) is 81.8 Å². The Bertz CT molecular complexity index is 1650. The number of likely N-dealkylation sites (N-methyl/N-ethyl adjacent to an activating group) is 2. The fourth-order valence-electron chi connectivity index (χ4n) is 5.63. The highest BCUT2D eigenvalue weighted by atomic mass is 16.2. The van der Waals surface area contributed by atoms with Crippen molar-refractivity contribution in [1.29, 1.82) is 0 Å². The van der Waals surface area contributed by atoms with Crippen LogP contribution in [0.5, 0.6) is 0 Å². The summed E-state index contributed by atoms with van der Waals surface area (Å²) in [4.78, 5) is 44.9. The lowest BCUT2D eigenvalue weighted by molar-refractivity contribution is -0.146. The lowest BCUT2D eigenvalue weighted by atomic mass is 9.98. The minimum absolute atomic E-state index is 0.177. The van der Waals surface area contributed by atoms with Crippen LogP contribution in [0.4, 0.5) is 0 Å². The van der Waals surface area contributed by atoms with E-state index in [9.17, 15) is 14.4 Å². The van der Waals surface area contributed by atoms with Crippen LogP contribution in [-0.2, 0) is 33.6 Å². The van der Waals surface area contributed by atoms with E-state index in [4.69, 9.17) is 0 Å². The predicted molar refractivity (Wildman–Crippen MR) is 199 cm³/mol. The summed E-state index contributed by atoms with van der Waals surface area (Å²) in [5, 5.41) is 6.31. The van der Waals surface area contributed by atoms with Crippen LogP contribution in [-0.4, -0.2) is 72.8 Å². The first-order valence-electron chi connectivity index (χ1n) is 17.0. The molecule has 0 aliphatic carbocycles. The number of hydrogen-bond acceptors (Lipinski definition) is 4. The molecule has 0 heterocycles. The largest absolute Gasteiger partial charge is 0.354 e. The lowest BCUT2D eigenvalue weighted by Crippen LogP contribution is -2.56. The van der Waals surface area contributed by atoms with Crippen molar-refractivity contribution in [1.82, 2.24) is 20.4 Å². The number of carbonyl (C=O) groups excluding carboxylic acids is 3. The smallest absolute Gasteiger partial charge is 0.246 e. The van der Waals surface area contributed by atoms with Gasteiger partial charge in [-0.15, -0.1) is 0 Å². The molecule has 49 heavy (non-hydrogen) atoms. The number of benzene rings is 4. The van der Waals surface area contributed by atoms with E-state index in [2.05, 4.69) is 36.6 Å². The third-order valence-electron chi connectivity index (χ3n) is 9.10. The zero-order valence-electron chi connectivity index (χ0n) is 29.4. The highest BCUT2D eigenvalue weighted by molar-refractivity contribution is 5.95. The van der Waals surface area contributed by atoms with Gasteiger partial charge in [0.05, 0.1) is 0 Å². The molecule has 256 valence electrons. The molecule has 4 aromatic rings. The molecule has 0 radical (unpaired) electrons. The van der Waals surface area contributed by atoms with Crippen molar-refractivity contribution in [2.75, 3.05) is 27.7 Å². The van der Waals surface area contributed by atoms with Crippen molar-refractivity contribution in [2.24, 2.45) is 0 Å². The van der Waals surface area contributed by atoms with Crippen LogP contribution in [0.25, 0.3) is 11.1 Å². The second-order valence-electron chi connectivity index (χ2n) is 13.2. The minimum Gasteiger partial charge on any atom is -0.354 e. The summed E-state index contributed by atoms with van der Waals surface area (Å²) < 4.78 is 0. The molecule has 4 aromatic carbocycles. The van der Waals surface area contributed by atoms with Gasteiger partial charge in [0.25, 0.3) is 0 Å². The molecule has 7 heteroatoms. The molecule has 0 aliphatic rings. The molecular weight excluding hydrogens is 608 g/mol. The van der Waals surface area contributed by atoms with Crippen molar-refractivity contribution < 1.29 is 14.4 Å². The molecule has 7 nitrogen and oxygen atoms in total. The molecule has 2 atom stereocenters. The Labute approximate surface area is 292 Å². The first-order chi connectivity index (χ1) is 23.6. The van der Waals surface area contributed by atoms with E-state index in [1.165, 1.54) is 15.9 Å². The summed E-state index contributed by atoms with van der Waals surface area (Å²) in [6.07, 6.45) is 5.34. The van der Waals surface area contributed by atoms with Gasteiger partial charge in [0.2, 0.25) is 17.7 Å². The molecule has 1 unspecified atom stereocenters. The molecular formula is C42H50N4O3. The van der Waals surface area contributed by atoms with Gasteiger partial charge < -0.3 is 20.4 Å². The van der Waals surface area contributed by atoms with E-state index in [0.717, 1.165) is 27.8 Å². The zero-order valence-corrected chi connectivity index (χ0v) is 29.4. The maximum atomic E-state index is 14.5. The molecule has 0 fully saturated rings. The summed E-state index contributed by atoms with van der Waals surface area (Å²) in [6, 6.07) is 36.3. The number of rotatable bonds is 16. The summed E-state index contributed by atoms with van der Waals surface area (Å²) >= 11 is 0. The van der Waals surface area contributed by atoms with Crippen LogP contribution >= 0.6 is 0 Å². The van der Waals surface area contributed by atoms with Crippen molar-refractivity contribution >= 4 is 17.7 Å². The second kappa shape index (κ2) is 17.9. The average molecular weight is 659 g/mol. The van der Waals surface area contributed by atoms with E-state index >= 15 is 0 Å². The Kier molecular flexibility index (Phi) is 13.5. The second-order valence-corrected chi connectivity index (χ2v) is 13.2. The summed E-state index contributed by atoms with van der Waals surface area (Å²) in [5.74, 6) is -0.803. The molecule has 0 saturated carbocycles. The Morgan fingerprint density at radius 2 is 1.18 bits per heavy atom. The van der Waals surface area contributed by atoms with Crippen molar-refractivity contribution in [2.45, 2.75) is 57.2 Å². The zero-order chi connectivity index (χ0) is 35.2. The molecule has 4 rings (SSSR count). The molecule has 0 bridgehead atoms. The standard InChI is InChI=1S/C42H50N4O3/c1-42(2,43-3)28-15-22-39(47)45(4)38(31-34-23-25-36(26-24-34)35-20-13-8-14-21-35)41(49)46(5)37(30-33-18-11-7-12-19-33)40(48)44-29-27-32-16-9-6-10-17-32/h6-26,37-38,43H,27-31H2,1-5H3,(H,44,48)/b22-15+/t37?,38-/m1/s1. The first-order valence-corrected chi connectivity index (χ1v) is 17.0. The van der Waals surface area contributed by atoms with Crippen LogP contribution in [0.3, 0.4) is 0 Å². The number of amides is 3. The van der Waals surface area contributed by atoms with Gasteiger partial charge in [0.15, 0.2) is 0 Å². The average Bonchev–Trinajstić information content (AvgIpc) is 3.13. The Balaban J connectivity index is 1.59. The third kappa shape index (κ3) is 11.0. The number of nitrogens with one attached hydrogen (secondary N) is 2. The highest BCUT2D eigenvalue weighted by Gasteiger charge is 2.34. The molecule has 0 aromatic heterocycles. The Morgan fingerprint density at radius 3 is 1.78 bits per heavy atom. The number of carbonyl (C=O) groups is 3. The van der Waals surface area contributed by atoms with Crippen molar-refractivity contribution in [3.63, 3.8) is 0 Å². The normalized spacial score (nSPS) is 12.7. The van der Waals surface area contributed by atoms with Gasteiger partial charge >= 0.3 is 0 Å². The fourth-order valence-corrected chi connectivity index (χ4v) is 5.63. The molecule has 0 saturated heterocycles. The van der Waals surface area contributed by atoms with Crippen molar-refractivity contribution in [3.05, 3.63) is 144 Å². The summed E-state index contributed by atoms with van der Waals surface area (Å²) in [7, 11) is 5.22. The van der Waals surface area contributed by atoms with E-state index in [1.807, 2.05) is 116 Å². The quantitative estimate of drug-likeness (QED) is 0.143. The maximum absolute atomic E-state index is 14.5. The predicted octanol–water partition coefficient (Wildman–Crippen LogP) is 6.10. The lowest BCUT2D eigenvalue weighted by Gasteiger charge is -2.34. The monoisotopic (exact) mass is 658 g/mol. The van der Waals surface area contributed by atoms with Crippen LogP contribution in [0.1, 0.15) is 37.0 Å². The van der Waals surface area contributed by atoms with Gasteiger partial charge in [-0.1, -0.05) is 121 Å². The third-order valence-corrected chi connectivity index (χ3v) is 9.10. The Morgan fingerprint density at radius 1 is 0.673 bits per heavy atom. The van der Waals surface area contributed by atoms with E-state index < -0.39 is 12.1 Å². The fraction of sp³-hybridized carbons (Fsp3) is 0.310. The van der Waals surface area contributed by atoms with Gasteiger partial charge in [-0.05, 0) is 67.6 Å². The highest BCUT2D eigenvalue weighted by Crippen LogP contribution is 2.22. The number of nitrogens with zero attached hydrogens (tertiary/aromatic N) is 2. The van der Waals surface area contributed by atoms with Gasteiger partial charge in [0.1, 0.15) is 12.1 Å². The van der Waals surface area contributed by atoms with E-state index in [0.29, 0.717) is 32.2 Å². The molecule has 0 spiro atoms. The molecule has 3 amide bonds. The van der Waals surface area contributed by atoms with Gasteiger partial charge in [-0.25, -0.2) is 0 Å². The van der Waals surface area contributed by atoms with Gasteiger partial charge in [-0.3, -0.25) is 14.4 Å². The summed E-state index contributed by atoms with van der Waals surface area (Å²) in [5.41, 5.74) is 4.97. The Hall–Kier alpha value is -5.01. The van der Waals surface area contributed by atoms with Crippen LogP contribution in [0, 0.1) is 0 Å². The molecule has 0 aliphatic heterocycles. The van der Waals surface area contributed by atoms with Gasteiger partial charge in [-0.2, -0.15) is 0 Å². The summed E-state index contributed by atoms with van der Waals surface area (Å²) in [6.45, 7) is 4.56. The van der Waals surface area contributed by atoms with Crippen LogP contribution < -0.4 is 10.6 Å². The maximum Gasteiger partial charge on any atom is 0.246 e. The van der Waals surface area contributed by atoms with Crippen molar-refractivity contribution in [3.8, 4) is 11.1 Å². The van der Waals surface area contributed by atoms with Crippen LogP contribution in [0.2, 0.25) is 0 Å². The SMILES string of the molecule is CNC(C)(C)C/C=C/C(=O)N(C)[C@H](Cc1ccc(-c2ccccc2)cc1)C(=O)N(C)C(Cc1ccccc1)C(=O)NCCc1ccccc1. The van der Waals surface area contributed by atoms with E-state index in [-0.39, 0.29) is 23.3 Å². The van der Waals surface area contributed by atoms with Gasteiger partial charge in [0, 0.05) is 39.0 Å². The van der Waals surface area contributed by atoms with Crippen LogP contribution in [0.15, 0.2) is 127 Å². The minimum atomic E-state index is -0.836. The number of hydrogen-bond donors (Lipinski definition) is 2. The first kappa shape index (κ1) is 36.8. The van der Waals surface area contributed by atoms with E-state index in [1.54, 1.807) is 14.1 Å².